The number of hydrogen-bond donors (Lipinski definition) is 2. The summed E-state index contributed by atoms with van der Waals surface area (Å²) in [5.74, 6) is 1.02. The van der Waals surface area contributed by atoms with Crippen LogP contribution in [0.4, 0.5) is 0 Å². The van der Waals surface area contributed by atoms with Crippen LogP contribution < -0.4 is 20.5 Å². The number of carbonyl (C=O) groups excluding carboxylic acids is 2. The first-order valence-electron chi connectivity index (χ1n) is 13.3. The highest BCUT2D eigenvalue weighted by atomic mass is 16.5. The third-order valence-electron chi connectivity index (χ3n) is 7.27. The Kier molecular flexibility index (Phi) is 9.57. The van der Waals surface area contributed by atoms with Crippen LogP contribution >= 0.6 is 0 Å². The number of benzene rings is 3. The molecule has 0 aromatic heterocycles. The summed E-state index contributed by atoms with van der Waals surface area (Å²) in [4.78, 5) is 31.1. The molecule has 0 bridgehead atoms. The van der Waals surface area contributed by atoms with E-state index < -0.39 is 6.04 Å². The van der Waals surface area contributed by atoms with Gasteiger partial charge in [-0.3, -0.25) is 14.5 Å². The number of rotatable bonds is 11. The zero-order valence-corrected chi connectivity index (χ0v) is 22.9. The first kappa shape index (κ1) is 28.1. The molecule has 1 heterocycles. The van der Waals surface area contributed by atoms with Gasteiger partial charge < -0.3 is 25.4 Å². The number of ether oxygens (including phenoxy) is 2. The molecule has 1 fully saturated rings. The average molecular weight is 531 g/mol. The van der Waals surface area contributed by atoms with Crippen LogP contribution in [0.15, 0.2) is 72.8 Å². The van der Waals surface area contributed by atoms with Crippen molar-refractivity contribution in [2.75, 3.05) is 33.9 Å². The highest BCUT2D eigenvalue weighted by Gasteiger charge is 2.42. The smallest absolute Gasteiger partial charge is 0.254 e. The van der Waals surface area contributed by atoms with Crippen LogP contribution in [-0.2, 0) is 17.9 Å². The Morgan fingerprint density at radius 3 is 2.41 bits per heavy atom. The summed E-state index contributed by atoms with van der Waals surface area (Å²) in [6.07, 6.45) is 0.516. The van der Waals surface area contributed by atoms with Gasteiger partial charge in [0.1, 0.15) is 17.5 Å². The van der Waals surface area contributed by atoms with E-state index in [1.54, 1.807) is 43.4 Å². The van der Waals surface area contributed by atoms with E-state index in [0.29, 0.717) is 50.5 Å². The molecule has 0 spiro atoms. The Hall–Kier alpha value is -3.88. The molecular weight excluding hydrogens is 492 g/mol. The molecule has 2 amide bonds. The lowest BCUT2D eigenvalue weighted by Gasteiger charge is -2.30. The van der Waals surface area contributed by atoms with Crippen molar-refractivity contribution in [1.29, 1.82) is 0 Å². The van der Waals surface area contributed by atoms with Gasteiger partial charge in [-0.25, -0.2) is 0 Å². The lowest BCUT2D eigenvalue weighted by atomic mass is 10.0. The first-order valence-corrected chi connectivity index (χ1v) is 13.3. The largest absolute Gasteiger partial charge is 0.497 e. The summed E-state index contributed by atoms with van der Waals surface area (Å²) in [5.41, 5.74) is 9.65. The van der Waals surface area contributed by atoms with E-state index in [0.717, 1.165) is 11.3 Å². The Balaban J connectivity index is 1.66. The number of likely N-dealkylation sites (tertiary alicyclic amines) is 1. The van der Waals surface area contributed by atoms with Crippen LogP contribution in [0.25, 0.3) is 0 Å². The number of amides is 2. The minimum atomic E-state index is -0.607. The lowest BCUT2D eigenvalue weighted by molar-refractivity contribution is -0.124. The molecule has 3 N–H and O–H groups in total. The van der Waals surface area contributed by atoms with Crippen molar-refractivity contribution in [2.45, 2.75) is 38.5 Å². The molecule has 3 aromatic rings. The number of methoxy groups -OCH3 is 2. The number of nitrogens with one attached hydrogen (secondary N) is 1. The van der Waals surface area contributed by atoms with E-state index in [1.807, 2.05) is 30.3 Å². The van der Waals surface area contributed by atoms with Gasteiger partial charge in [0.05, 0.1) is 14.2 Å². The molecule has 1 aliphatic rings. The molecule has 1 aliphatic heterocycles. The molecule has 39 heavy (non-hydrogen) atoms. The first-order chi connectivity index (χ1) is 18.9. The lowest BCUT2D eigenvalue weighted by Crippen LogP contribution is -2.47. The normalized spacial score (nSPS) is 16.8. The van der Waals surface area contributed by atoms with Gasteiger partial charge in [0.25, 0.3) is 5.91 Å². The second kappa shape index (κ2) is 13.3. The van der Waals surface area contributed by atoms with E-state index in [4.69, 9.17) is 15.2 Å². The van der Waals surface area contributed by atoms with Crippen LogP contribution in [0.5, 0.6) is 11.5 Å². The molecule has 0 radical (unpaired) electrons. The molecule has 3 aromatic carbocycles. The molecule has 1 saturated heterocycles. The third-order valence-corrected chi connectivity index (χ3v) is 7.27. The summed E-state index contributed by atoms with van der Waals surface area (Å²) < 4.78 is 10.8. The topological polar surface area (TPSA) is 97.1 Å². The second-order valence-electron chi connectivity index (χ2n) is 9.86. The van der Waals surface area contributed by atoms with E-state index in [1.165, 1.54) is 11.1 Å². The van der Waals surface area contributed by atoms with Gasteiger partial charge in [-0.1, -0.05) is 42.5 Å². The second-order valence-corrected chi connectivity index (χ2v) is 9.86. The van der Waals surface area contributed by atoms with Crippen LogP contribution in [0.1, 0.15) is 33.5 Å². The zero-order chi connectivity index (χ0) is 27.8. The van der Waals surface area contributed by atoms with Crippen molar-refractivity contribution in [3.05, 3.63) is 95.1 Å². The van der Waals surface area contributed by atoms with Gasteiger partial charge in [0.2, 0.25) is 5.91 Å². The van der Waals surface area contributed by atoms with Crippen LogP contribution in [-0.4, -0.2) is 67.6 Å². The monoisotopic (exact) mass is 530 g/mol. The number of hydrogen-bond acceptors (Lipinski definition) is 6. The van der Waals surface area contributed by atoms with Crippen molar-refractivity contribution in [3.63, 3.8) is 0 Å². The summed E-state index contributed by atoms with van der Waals surface area (Å²) in [5, 5.41) is 2.90. The predicted molar refractivity (Wildman–Crippen MR) is 152 cm³/mol. The van der Waals surface area contributed by atoms with E-state index in [-0.39, 0.29) is 17.9 Å². The predicted octanol–water partition coefficient (Wildman–Crippen LogP) is 3.37. The van der Waals surface area contributed by atoms with Crippen LogP contribution in [0.2, 0.25) is 0 Å². The van der Waals surface area contributed by atoms with E-state index in [2.05, 4.69) is 35.3 Å². The Bertz CT molecular complexity index is 1280. The number of nitrogens with zero attached hydrogens (tertiary/aromatic N) is 2. The summed E-state index contributed by atoms with van der Waals surface area (Å²) in [6.45, 7) is 4.56. The average Bonchev–Trinajstić information content (AvgIpc) is 3.42. The number of carbonyl (C=O) groups is 2. The van der Waals surface area contributed by atoms with Crippen LogP contribution in [0, 0.1) is 6.92 Å². The van der Waals surface area contributed by atoms with Gasteiger partial charge in [0.15, 0.2) is 0 Å². The van der Waals surface area contributed by atoms with Crippen molar-refractivity contribution < 1.29 is 19.1 Å². The standard InChI is InChI=1S/C31H38N4O4/c1-22-8-4-5-10-25(22)20-34(19-23-9-6-12-27(16-23)38-2)26-18-29(30(36)33-15-14-32)35(21-26)31(37)24-11-7-13-28(17-24)39-3/h4-13,16-17,26,29H,14-15,18-21,32H2,1-3H3,(H,33,36). The van der Waals surface area contributed by atoms with Gasteiger partial charge in [-0.05, 0) is 60.4 Å². The fourth-order valence-electron chi connectivity index (χ4n) is 5.11. The summed E-state index contributed by atoms with van der Waals surface area (Å²) in [6, 6.07) is 22.7. The molecule has 206 valence electrons. The van der Waals surface area contributed by atoms with Gasteiger partial charge in [-0.2, -0.15) is 0 Å². The quantitative estimate of drug-likeness (QED) is 0.395. The Morgan fingerprint density at radius 1 is 0.974 bits per heavy atom. The van der Waals surface area contributed by atoms with Gasteiger partial charge >= 0.3 is 0 Å². The molecular formula is C31H38N4O4. The fourth-order valence-corrected chi connectivity index (χ4v) is 5.11. The van der Waals surface area contributed by atoms with Crippen molar-refractivity contribution in [3.8, 4) is 11.5 Å². The summed E-state index contributed by atoms with van der Waals surface area (Å²) in [7, 11) is 3.23. The third kappa shape index (κ3) is 6.96. The molecule has 4 rings (SSSR count). The highest BCUT2D eigenvalue weighted by molar-refractivity contribution is 5.98. The zero-order valence-electron chi connectivity index (χ0n) is 22.9. The SMILES string of the molecule is COc1cccc(CN(Cc2ccccc2C)C2CC(C(=O)NCCN)N(C(=O)c3cccc(OC)c3)C2)c1. The Labute approximate surface area is 230 Å². The molecule has 2 unspecified atom stereocenters. The maximum atomic E-state index is 13.8. The molecule has 0 saturated carbocycles. The number of nitrogens with two attached hydrogens (primary N) is 1. The molecule has 8 heteroatoms. The van der Waals surface area contributed by atoms with E-state index in [9.17, 15) is 9.59 Å². The van der Waals surface area contributed by atoms with Crippen molar-refractivity contribution in [1.82, 2.24) is 15.1 Å². The maximum absolute atomic E-state index is 13.8. The van der Waals surface area contributed by atoms with Gasteiger partial charge in [0, 0.05) is 44.3 Å². The Morgan fingerprint density at radius 2 is 1.69 bits per heavy atom. The van der Waals surface area contributed by atoms with E-state index >= 15 is 0 Å². The molecule has 0 aliphatic carbocycles. The minimum Gasteiger partial charge on any atom is -0.497 e. The number of aryl methyl sites for hydroxylation is 1. The van der Waals surface area contributed by atoms with Crippen LogP contribution in [0.3, 0.4) is 0 Å². The molecule has 2 atom stereocenters. The van der Waals surface area contributed by atoms with Gasteiger partial charge in [-0.15, -0.1) is 0 Å². The minimum absolute atomic E-state index is 0.0426. The molecule has 8 nitrogen and oxygen atoms in total. The van der Waals surface area contributed by atoms with Crippen molar-refractivity contribution in [2.24, 2.45) is 5.73 Å². The maximum Gasteiger partial charge on any atom is 0.254 e. The fraction of sp³-hybridized carbons (Fsp3) is 0.355. The van der Waals surface area contributed by atoms with Crippen molar-refractivity contribution >= 4 is 11.8 Å². The summed E-state index contributed by atoms with van der Waals surface area (Å²) >= 11 is 0. The highest BCUT2D eigenvalue weighted by Crippen LogP contribution is 2.29.